The highest BCUT2D eigenvalue weighted by Crippen LogP contribution is 2.38. The largest absolute Gasteiger partial charge is 0.494 e. The Hall–Kier alpha value is -3.35. The van der Waals surface area contributed by atoms with Crippen molar-refractivity contribution in [1.82, 2.24) is 9.88 Å². The van der Waals surface area contributed by atoms with Crippen LogP contribution in [0.4, 0.5) is 0 Å². The van der Waals surface area contributed by atoms with Gasteiger partial charge in [0.2, 0.25) is 0 Å². The normalized spacial score (nSPS) is 16.4. The van der Waals surface area contributed by atoms with Crippen molar-refractivity contribution in [2.45, 2.75) is 58.0 Å². The molecule has 0 radical (unpaired) electrons. The number of aromatic nitrogens is 1. The molecule has 0 spiro atoms. The molecule has 2 aliphatic heterocycles. The maximum atomic E-state index is 11.6. The van der Waals surface area contributed by atoms with Crippen molar-refractivity contribution in [2.75, 3.05) is 32.8 Å². The summed E-state index contributed by atoms with van der Waals surface area (Å²) in [6.07, 6.45) is 9.55. The Labute approximate surface area is 248 Å². The van der Waals surface area contributed by atoms with E-state index in [1.165, 1.54) is 18.4 Å². The van der Waals surface area contributed by atoms with Gasteiger partial charge in [-0.2, -0.15) is 0 Å². The minimum absolute atomic E-state index is 0.188. The van der Waals surface area contributed by atoms with Crippen molar-refractivity contribution in [1.29, 1.82) is 0 Å². The molecular formula is C34H39ClN2O4. The quantitative estimate of drug-likeness (QED) is 0.175. The Kier molecular flexibility index (Phi) is 10.3. The number of pyridine rings is 1. The van der Waals surface area contributed by atoms with Crippen LogP contribution >= 0.6 is 11.6 Å². The highest BCUT2D eigenvalue weighted by Gasteiger charge is 2.22. The maximum absolute atomic E-state index is 11.6. The molecule has 5 rings (SSSR count). The topological polar surface area (TPSA) is 60.9 Å². The van der Waals surface area contributed by atoms with Crippen LogP contribution in [-0.2, 0) is 16.1 Å². The van der Waals surface area contributed by atoms with Gasteiger partial charge in [-0.05, 0) is 112 Å². The van der Waals surface area contributed by atoms with Gasteiger partial charge in [-0.25, -0.2) is 0 Å². The van der Waals surface area contributed by atoms with Crippen LogP contribution in [0.1, 0.15) is 73.8 Å². The van der Waals surface area contributed by atoms with Gasteiger partial charge in [0.05, 0.1) is 18.9 Å². The van der Waals surface area contributed by atoms with Gasteiger partial charge in [-0.1, -0.05) is 35.9 Å². The average Bonchev–Trinajstić information content (AvgIpc) is 3.15. The van der Waals surface area contributed by atoms with Crippen LogP contribution in [0.25, 0.3) is 5.57 Å². The second kappa shape index (κ2) is 14.5. The van der Waals surface area contributed by atoms with Gasteiger partial charge in [0.1, 0.15) is 18.1 Å². The number of nitrogens with zero attached hydrogens (tertiary/aromatic N) is 2. The number of hydrogen-bond acceptors (Lipinski definition) is 6. The van der Waals surface area contributed by atoms with Gasteiger partial charge < -0.3 is 19.1 Å². The van der Waals surface area contributed by atoms with E-state index in [-0.39, 0.29) is 5.97 Å². The average molecular weight is 575 g/mol. The summed E-state index contributed by atoms with van der Waals surface area (Å²) in [4.78, 5) is 18.8. The number of unbranched alkanes of at least 4 members (excludes halogenated alkanes) is 1. The Balaban J connectivity index is 1.21. The summed E-state index contributed by atoms with van der Waals surface area (Å²) in [7, 11) is 0. The molecule has 3 heterocycles. The van der Waals surface area contributed by atoms with E-state index in [1.54, 1.807) is 0 Å². The Morgan fingerprint density at radius 1 is 1.10 bits per heavy atom. The number of carbonyl (C=O) groups is 1. The first-order chi connectivity index (χ1) is 20.1. The van der Waals surface area contributed by atoms with Gasteiger partial charge >= 0.3 is 5.97 Å². The maximum Gasteiger partial charge on any atom is 0.305 e. The fourth-order valence-electron chi connectivity index (χ4n) is 5.67. The molecule has 0 amide bonds. The van der Waals surface area contributed by atoms with Crippen molar-refractivity contribution in [3.63, 3.8) is 0 Å². The number of rotatable bonds is 11. The Morgan fingerprint density at radius 3 is 2.73 bits per heavy atom. The lowest BCUT2D eigenvalue weighted by Crippen LogP contribution is -2.33. The van der Waals surface area contributed by atoms with Crippen LogP contribution in [0.2, 0.25) is 5.02 Å². The molecule has 216 valence electrons. The predicted octanol–water partition coefficient (Wildman–Crippen LogP) is 7.44. The van der Waals surface area contributed by atoms with Crippen LogP contribution in [0.3, 0.4) is 0 Å². The first-order valence-electron chi connectivity index (χ1n) is 14.8. The monoisotopic (exact) mass is 574 g/mol. The molecule has 1 saturated heterocycles. The van der Waals surface area contributed by atoms with Crippen LogP contribution in [-0.4, -0.2) is 48.7 Å². The van der Waals surface area contributed by atoms with E-state index in [1.807, 2.05) is 43.5 Å². The molecule has 2 aliphatic rings. The van der Waals surface area contributed by atoms with Gasteiger partial charge in [-0.3, -0.25) is 9.78 Å². The fraction of sp³-hybridized carbons (Fsp3) is 0.412. The lowest BCUT2D eigenvalue weighted by Gasteiger charge is -2.32. The minimum atomic E-state index is -0.188. The van der Waals surface area contributed by atoms with Crippen LogP contribution in [0.15, 0.2) is 66.9 Å². The standard InChI is InChI=1S/C34H39ClN2O4/c1-2-39-34(38)9-6-22-40-28-14-15-33-31(23-28)29(30-8-5-18-36-32(30)24-41-33)7-3-4-19-37-20-16-26(17-21-37)25-10-12-27(35)13-11-25/h5,7-8,10-15,18,23,26H,2-4,6,9,16-17,19-22,24H2,1H3/b29-7+. The number of hydrogen-bond donors (Lipinski definition) is 0. The molecule has 7 heteroatoms. The van der Waals surface area contributed by atoms with E-state index in [0.29, 0.717) is 38.6 Å². The molecule has 2 aromatic carbocycles. The molecule has 0 aliphatic carbocycles. The van der Waals surface area contributed by atoms with E-state index in [2.05, 4.69) is 40.2 Å². The van der Waals surface area contributed by atoms with Crippen molar-refractivity contribution >= 4 is 23.1 Å². The first-order valence-corrected chi connectivity index (χ1v) is 15.2. The van der Waals surface area contributed by atoms with Crippen molar-refractivity contribution < 1.29 is 19.0 Å². The summed E-state index contributed by atoms with van der Waals surface area (Å²) in [5, 5.41) is 0.802. The lowest BCUT2D eigenvalue weighted by atomic mass is 9.89. The molecule has 41 heavy (non-hydrogen) atoms. The van der Waals surface area contributed by atoms with Crippen LogP contribution in [0.5, 0.6) is 11.5 Å². The van der Waals surface area contributed by atoms with E-state index in [9.17, 15) is 4.79 Å². The number of piperidine rings is 1. The summed E-state index contributed by atoms with van der Waals surface area (Å²) in [5.41, 5.74) is 5.61. The zero-order chi connectivity index (χ0) is 28.4. The number of benzene rings is 2. The first kappa shape index (κ1) is 29.2. The molecule has 3 aromatic rings. The number of likely N-dealkylation sites (tertiary alicyclic amines) is 1. The molecule has 6 nitrogen and oxygen atoms in total. The van der Waals surface area contributed by atoms with Crippen molar-refractivity contribution in [2.24, 2.45) is 0 Å². The van der Waals surface area contributed by atoms with Gasteiger partial charge in [0.25, 0.3) is 0 Å². The van der Waals surface area contributed by atoms with Gasteiger partial charge in [0, 0.05) is 28.8 Å². The third kappa shape index (κ3) is 7.90. The SMILES string of the molecule is CCOC(=O)CCCOc1ccc2c(c1)/C(=C/CCCN1CCC(c3ccc(Cl)cc3)CC1)c1cccnc1CO2. The number of ether oxygens (including phenoxy) is 3. The smallest absolute Gasteiger partial charge is 0.305 e. The Bertz CT molecular complexity index is 1330. The third-order valence-electron chi connectivity index (χ3n) is 7.84. The summed E-state index contributed by atoms with van der Waals surface area (Å²) >= 11 is 6.07. The van der Waals surface area contributed by atoms with Gasteiger partial charge in [0.15, 0.2) is 0 Å². The van der Waals surface area contributed by atoms with Crippen molar-refractivity contribution in [3.8, 4) is 11.5 Å². The number of allylic oxidation sites excluding steroid dienone is 1. The number of esters is 1. The van der Waals surface area contributed by atoms with E-state index < -0.39 is 0 Å². The highest BCUT2D eigenvalue weighted by molar-refractivity contribution is 6.30. The number of fused-ring (bicyclic) bond motifs is 2. The molecule has 0 saturated carbocycles. The molecule has 0 N–H and O–H groups in total. The minimum Gasteiger partial charge on any atom is -0.494 e. The molecule has 0 unspecified atom stereocenters. The highest BCUT2D eigenvalue weighted by atomic mass is 35.5. The van der Waals surface area contributed by atoms with Crippen molar-refractivity contribution in [3.05, 3.63) is 94.3 Å². The molecule has 0 atom stereocenters. The second-order valence-electron chi connectivity index (χ2n) is 10.6. The number of carbonyl (C=O) groups excluding carboxylic acids is 1. The van der Waals surface area contributed by atoms with Crippen LogP contribution < -0.4 is 9.47 Å². The summed E-state index contributed by atoms with van der Waals surface area (Å²) in [6.45, 7) is 6.45. The summed E-state index contributed by atoms with van der Waals surface area (Å²) in [5.74, 6) is 2.03. The third-order valence-corrected chi connectivity index (χ3v) is 8.09. The molecule has 0 bridgehead atoms. The molecule has 1 fully saturated rings. The van der Waals surface area contributed by atoms with E-state index in [4.69, 9.17) is 25.8 Å². The summed E-state index contributed by atoms with van der Waals surface area (Å²) in [6, 6.07) is 18.4. The second-order valence-corrected chi connectivity index (χ2v) is 11.1. The summed E-state index contributed by atoms with van der Waals surface area (Å²) < 4.78 is 17.2. The predicted molar refractivity (Wildman–Crippen MR) is 163 cm³/mol. The van der Waals surface area contributed by atoms with Crippen LogP contribution in [0, 0.1) is 0 Å². The zero-order valence-electron chi connectivity index (χ0n) is 23.8. The van der Waals surface area contributed by atoms with Gasteiger partial charge in [-0.15, -0.1) is 0 Å². The molecular weight excluding hydrogens is 536 g/mol. The zero-order valence-corrected chi connectivity index (χ0v) is 24.6. The van der Waals surface area contributed by atoms with E-state index in [0.717, 1.165) is 71.4 Å². The Morgan fingerprint density at radius 2 is 1.93 bits per heavy atom. The number of halogens is 1. The lowest BCUT2D eigenvalue weighted by molar-refractivity contribution is -0.143. The van der Waals surface area contributed by atoms with E-state index >= 15 is 0 Å². The fourth-order valence-corrected chi connectivity index (χ4v) is 5.80. The molecule has 1 aromatic heterocycles.